The smallest absolute Gasteiger partial charge is 0.173 e. The molecule has 1 aromatic heterocycles. The van der Waals surface area contributed by atoms with E-state index in [-0.39, 0.29) is 5.75 Å². The number of rotatable bonds is 12. The molecule has 4 aromatic rings. The summed E-state index contributed by atoms with van der Waals surface area (Å²) >= 11 is 5.91. The van der Waals surface area contributed by atoms with E-state index in [9.17, 15) is 5.11 Å². The van der Waals surface area contributed by atoms with Gasteiger partial charge >= 0.3 is 0 Å². The molecule has 6 nitrogen and oxygen atoms in total. The Bertz CT molecular complexity index is 1350. The number of H-pyrrole nitrogens is 1. The molecule has 0 unspecified atom stereocenters. The van der Waals surface area contributed by atoms with Gasteiger partial charge in [-0.25, -0.2) is 0 Å². The molecular formula is C31H37N3O3S. The van der Waals surface area contributed by atoms with Crippen molar-refractivity contribution in [1.29, 1.82) is 0 Å². The molecule has 0 amide bonds. The molecule has 1 heterocycles. The van der Waals surface area contributed by atoms with Crippen LogP contribution in [0.4, 0.5) is 5.69 Å². The van der Waals surface area contributed by atoms with Gasteiger partial charge in [0.1, 0.15) is 5.75 Å². The number of ether oxygens (including phenoxy) is 2. The van der Waals surface area contributed by atoms with Gasteiger partial charge in [0.25, 0.3) is 0 Å². The number of anilines is 1. The molecule has 0 saturated heterocycles. The van der Waals surface area contributed by atoms with Gasteiger partial charge in [-0.05, 0) is 97.6 Å². The van der Waals surface area contributed by atoms with Gasteiger partial charge in [0, 0.05) is 35.9 Å². The van der Waals surface area contributed by atoms with E-state index in [4.69, 9.17) is 21.7 Å². The Morgan fingerprint density at radius 3 is 2.53 bits per heavy atom. The van der Waals surface area contributed by atoms with Gasteiger partial charge in [0.15, 0.2) is 16.6 Å². The Hall–Kier alpha value is -3.71. The summed E-state index contributed by atoms with van der Waals surface area (Å²) in [6, 6.07) is 20.0. The molecule has 3 N–H and O–H groups in total. The average Bonchev–Trinajstić information content (AvgIpc) is 3.34. The van der Waals surface area contributed by atoms with Gasteiger partial charge in [0.05, 0.1) is 13.7 Å². The predicted molar refractivity (Wildman–Crippen MR) is 160 cm³/mol. The summed E-state index contributed by atoms with van der Waals surface area (Å²) in [4.78, 5) is 5.52. The minimum Gasteiger partial charge on any atom is -0.504 e. The number of phenolic OH excluding ortho intramolecular Hbond substituents is 1. The number of nitrogens with one attached hydrogen (secondary N) is 2. The highest BCUT2D eigenvalue weighted by Gasteiger charge is 2.15. The van der Waals surface area contributed by atoms with Crippen LogP contribution in [0.5, 0.6) is 17.2 Å². The number of methoxy groups -OCH3 is 1. The molecule has 0 bridgehead atoms. The number of aromatic hydroxyl groups is 1. The van der Waals surface area contributed by atoms with Gasteiger partial charge in [-0.3, -0.25) is 0 Å². The van der Waals surface area contributed by atoms with Crippen molar-refractivity contribution < 1.29 is 14.6 Å². The Morgan fingerprint density at radius 2 is 1.79 bits per heavy atom. The van der Waals surface area contributed by atoms with Crippen LogP contribution in [0.3, 0.4) is 0 Å². The quantitative estimate of drug-likeness (QED) is 0.170. The third-order valence-corrected chi connectivity index (χ3v) is 6.99. The fourth-order valence-electron chi connectivity index (χ4n) is 4.49. The highest BCUT2D eigenvalue weighted by molar-refractivity contribution is 7.80. The molecule has 0 aliphatic rings. The van der Waals surface area contributed by atoms with Crippen molar-refractivity contribution in [2.24, 2.45) is 0 Å². The van der Waals surface area contributed by atoms with E-state index < -0.39 is 0 Å². The number of aryl methyl sites for hydroxylation is 1. The van der Waals surface area contributed by atoms with Crippen LogP contribution < -0.4 is 14.8 Å². The number of hydrogen-bond acceptors (Lipinski definition) is 4. The number of aromatic amines is 1. The first-order chi connectivity index (χ1) is 18.5. The molecule has 7 heteroatoms. The van der Waals surface area contributed by atoms with Crippen molar-refractivity contribution in [3.05, 3.63) is 83.6 Å². The monoisotopic (exact) mass is 531 g/mol. The number of nitrogens with zero attached hydrogens (tertiary/aromatic N) is 1. The van der Waals surface area contributed by atoms with Gasteiger partial charge in [-0.15, -0.1) is 0 Å². The number of benzene rings is 3. The van der Waals surface area contributed by atoms with Crippen LogP contribution in [-0.2, 0) is 19.4 Å². The zero-order valence-electron chi connectivity index (χ0n) is 22.4. The Kier molecular flexibility index (Phi) is 9.49. The van der Waals surface area contributed by atoms with Gasteiger partial charge in [-0.1, -0.05) is 31.5 Å². The van der Waals surface area contributed by atoms with Crippen molar-refractivity contribution in [2.45, 2.75) is 46.1 Å². The summed E-state index contributed by atoms with van der Waals surface area (Å²) in [5, 5.41) is 15.4. The molecule has 0 spiro atoms. The Labute approximate surface area is 230 Å². The number of thiocarbonyl (C=S) groups is 1. The van der Waals surface area contributed by atoms with Gasteiger partial charge in [-0.2, -0.15) is 0 Å². The third kappa shape index (κ3) is 6.98. The molecule has 0 aliphatic heterocycles. The molecule has 4 rings (SSSR count). The molecule has 0 radical (unpaired) electrons. The van der Waals surface area contributed by atoms with Gasteiger partial charge < -0.3 is 29.8 Å². The van der Waals surface area contributed by atoms with Crippen molar-refractivity contribution in [2.75, 3.05) is 25.6 Å². The molecule has 200 valence electrons. The van der Waals surface area contributed by atoms with Crippen molar-refractivity contribution in [3.63, 3.8) is 0 Å². The Morgan fingerprint density at radius 1 is 1.00 bits per heavy atom. The lowest BCUT2D eigenvalue weighted by molar-refractivity contribution is 0.317. The average molecular weight is 532 g/mol. The molecular weight excluding hydrogens is 494 g/mol. The standard InChI is InChI=1S/C31H37N3O3S/c1-4-6-7-22-8-11-25(12-9-22)33-31(38)34(21-23-10-15-29(35)30(18-23)37-5-2)17-16-24-20-32-28-14-13-26(36-3)19-27(24)28/h8-15,18-20,32,35H,4-7,16-17,21H2,1-3H3,(H,33,38). The SMILES string of the molecule is CCCCc1ccc(NC(=S)N(CCc2c[nH]c3ccc(OC)cc23)Cc2ccc(O)c(OCC)c2)cc1. The molecule has 38 heavy (non-hydrogen) atoms. The maximum atomic E-state index is 10.2. The highest BCUT2D eigenvalue weighted by atomic mass is 32.1. The minimum absolute atomic E-state index is 0.138. The molecule has 0 aliphatic carbocycles. The molecule has 0 fully saturated rings. The minimum atomic E-state index is 0.138. The van der Waals surface area contributed by atoms with E-state index in [1.807, 2.05) is 31.2 Å². The predicted octanol–water partition coefficient (Wildman–Crippen LogP) is 7.07. The van der Waals surface area contributed by atoms with E-state index >= 15 is 0 Å². The fourth-order valence-corrected chi connectivity index (χ4v) is 4.76. The summed E-state index contributed by atoms with van der Waals surface area (Å²) in [5.41, 5.74) is 5.59. The molecule has 3 aromatic carbocycles. The van der Waals surface area contributed by atoms with Crippen LogP contribution in [0.15, 0.2) is 66.9 Å². The molecule has 0 atom stereocenters. The maximum Gasteiger partial charge on any atom is 0.173 e. The topological polar surface area (TPSA) is 69.8 Å². The number of aromatic nitrogens is 1. The zero-order valence-corrected chi connectivity index (χ0v) is 23.2. The first-order valence-corrected chi connectivity index (χ1v) is 13.6. The maximum absolute atomic E-state index is 10.2. The molecule has 0 saturated carbocycles. The highest BCUT2D eigenvalue weighted by Crippen LogP contribution is 2.28. The summed E-state index contributed by atoms with van der Waals surface area (Å²) in [6.07, 6.45) is 6.31. The third-order valence-electron chi connectivity index (χ3n) is 6.63. The van der Waals surface area contributed by atoms with Crippen LogP contribution >= 0.6 is 12.2 Å². The summed E-state index contributed by atoms with van der Waals surface area (Å²) in [5.74, 6) is 1.45. The largest absolute Gasteiger partial charge is 0.504 e. The number of unbranched alkanes of at least 4 members (excludes halogenated alkanes) is 1. The van der Waals surface area contributed by atoms with Crippen molar-refractivity contribution >= 4 is 33.9 Å². The van der Waals surface area contributed by atoms with Crippen LogP contribution in [0.2, 0.25) is 0 Å². The lowest BCUT2D eigenvalue weighted by Crippen LogP contribution is -2.35. The first kappa shape index (κ1) is 27.3. The van der Waals surface area contributed by atoms with Crippen molar-refractivity contribution in [1.82, 2.24) is 9.88 Å². The van der Waals surface area contributed by atoms with Gasteiger partial charge in [0.2, 0.25) is 0 Å². The van der Waals surface area contributed by atoms with E-state index in [2.05, 4.69) is 58.7 Å². The second kappa shape index (κ2) is 13.2. The van der Waals surface area contributed by atoms with Crippen LogP contribution in [-0.4, -0.2) is 40.4 Å². The van der Waals surface area contributed by atoms with E-state index in [0.29, 0.717) is 30.6 Å². The normalized spacial score (nSPS) is 10.9. The van der Waals surface area contributed by atoms with E-state index in [0.717, 1.165) is 40.7 Å². The number of phenols is 1. The second-order valence-corrected chi connectivity index (χ2v) is 9.75. The lowest BCUT2D eigenvalue weighted by Gasteiger charge is -2.26. The second-order valence-electron chi connectivity index (χ2n) is 9.36. The van der Waals surface area contributed by atoms with Crippen molar-refractivity contribution in [3.8, 4) is 17.2 Å². The fraction of sp³-hybridized carbons (Fsp3) is 0.323. The Balaban J connectivity index is 1.53. The summed E-state index contributed by atoms with van der Waals surface area (Å²) in [7, 11) is 1.68. The first-order valence-electron chi connectivity index (χ1n) is 13.2. The summed E-state index contributed by atoms with van der Waals surface area (Å²) < 4.78 is 11.0. The number of hydrogen-bond donors (Lipinski definition) is 3. The summed E-state index contributed by atoms with van der Waals surface area (Å²) in [6.45, 7) is 5.88. The van der Waals surface area contributed by atoms with E-state index in [1.54, 1.807) is 13.2 Å². The van der Waals surface area contributed by atoms with E-state index in [1.165, 1.54) is 24.0 Å². The number of fused-ring (bicyclic) bond motifs is 1. The van der Waals surface area contributed by atoms with Crippen LogP contribution in [0, 0.1) is 0 Å². The zero-order chi connectivity index (χ0) is 26.9. The lowest BCUT2D eigenvalue weighted by atomic mass is 10.1. The van der Waals surface area contributed by atoms with Crippen LogP contribution in [0.25, 0.3) is 10.9 Å². The van der Waals surface area contributed by atoms with Crippen LogP contribution in [0.1, 0.15) is 43.4 Å².